The molecule has 1 saturated heterocycles. The standard InChI is InChI=1S/C22H39N7O5/c1-12(2)17(20(33)28-18(31)13(3)4)27-19(32)16-9-7-11-29(16)21(34)15(26-14(5)30)8-6-10-25-22(23)24/h12-13,15-17H,6-11H2,1-5H3,(H,26,30)(H,27,32)(H4,23,24,25)(H,28,31,33)/t15-,16-,17-/m0/s1. The van der Waals surface area contributed by atoms with Crippen molar-refractivity contribution in [2.24, 2.45) is 28.3 Å². The van der Waals surface area contributed by atoms with E-state index in [1.54, 1.807) is 27.7 Å². The number of hydrogen-bond acceptors (Lipinski definition) is 6. The van der Waals surface area contributed by atoms with E-state index in [0.29, 0.717) is 38.8 Å². The number of carbonyl (C=O) groups excluding carboxylic acids is 5. The van der Waals surface area contributed by atoms with Crippen molar-refractivity contribution in [2.45, 2.75) is 78.4 Å². The van der Waals surface area contributed by atoms with Crippen LogP contribution in [-0.2, 0) is 24.0 Å². The van der Waals surface area contributed by atoms with E-state index in [0.717, 1.165) is 0 Å². The molecule has 192 valence electrons. The van der Waals surface area contributed by atoms with Gasteiger partial charge in [-0.25, -0.2) is 0 Å². The van der Waals surface area contributed by atoms with Gasteiger partial charge >= 0.3 is 0 Å². The zero-order valence-corrected chi connectivity index (χ0v) is 20.7. The number of aliphatic imine (C=N–C) groups is 1. The molecule has 3 atom stereocenters. The minimum atomic E-state index is -0.932. The van der Waals surface area contributed by atoms with Crippen LogP contribution in [0.2, 0.25) is 0 Å². The van der Waals surface area contributed by atoms with E-state index >= 15 is 0 Å². The van der Waals surface area contributed by atoms with Crippen LogP contribution in [0.25, 0.3) is 0 Å². The summed E-state index contributed by atoms with van der Waals surface area (Å²) in [5.74, 6) is -2.96. The van der Waals surface area contributed by atoms with Crippen molar-refractivity contribution in [3.05, 3.63) is 0 Å². The van der Waals surface area contributed by atoms with E-state index in [2.05, 4.69) is 20.9 Å². The number of nitrogens with zero attached hydrogens (tertiary/aromatic N) is 2. The number of nitrogens with two attached hydrogens (primary N) is 2. The minimum absolute atomic E-state index is 0.0579. The van der Waals surface area contributed by atoms with Crippen molar-refractivity contribution in [3.8, 4) is 0 Å². The van der Waals surface area contributed by atoms with Crippen molar-refractivity contribution in [3.63, 3.8) is 0 Å². The smallest absolute Gasteiger partial charge is 0.249 e. The first-order chi connectivity index (χ1) is 15.8. The lowest BCUT2D eigenvalue weighted by molar-refractivity contribution is -0.142. The molecule has 1 aliphatic heterocycles. The van der Waals surface area contributed by atoms with Gasteiger partial charge in [0.25, 0.3) is 0 Å². The number of likely N-dealkylation sites (tertiary alicyclic amines) is 1. The molecule has 12 heteroatoms. The van der Waals surface area contributed by atoms with E-state index in [1.807, 2.05) is 0 Å². The summed E-state index contributed by atoms with van der Waals surface area (Å²) in [5, 5.41) is 7.66. The van der Waals surface area contributed by atoms with Gasteiger partial charge < -0.3 is 27.0 Å². The molecule has 1 rings (SSSR count). The molecular weight excluding hydrogens is 442 g/mol. The van der Waals surface area contributed by atoms with Crippen molar-refractivity contribution in [2.75, 3.05) is 13.1 Å². The maximum atomic E-state index is 13.2. The number of hydrogen-bond donors (Lipinski definition) is 5. The normalized spacial score (nSPS) is 17.1. The number of nitrogens with one attached hydrogen (secondary N) is 3. The van der Waals surface area contributed by atoms with Crippen molar-refractivity contribution in [1.82, 2.24) is 20.9 Å². The van der Waals surface area contributed by atoms with Gasteiger partial charge in [0.1, 0.15) is 18.1 Å². The molecule has 0 unspecified atom stereocenters. The lowest BCUT2D eigenvalue weighted by atomic mass is 10.0. The zero-order valence-electron chi connectivity index (χ0n) is 20.7. The van der Waals surface area contributed by atoms with E-state index in [-0.39, 0.29) is 29.6 Å². The second-order valence-corrected chi connectivity index (χ2v) is 9.13. The molecule has 12 nitrogen and oxygen atoms in total. The molecule has 0 spiro atoms. The molecule has 0 saturated carbocycles. The Morgan fingerprint density at radius 2 is 1.68 bits per heavy atom. The van der Waals surface area contributed by atoms with Gasteiger partial charge in [-0.15, -0.1) is 0 Å². The van der Waals surface area contributed by atoms with Crippen LogP contribution >= 0.6 is 0 Å². The van der Waals surface area contributed by atoms with Crippen LogP contribution in [0, 0.1) is 11.8 Å². The quantitative estimate of drug-likeness (QED) is 0.142. The van der Waals surface area contributed by atoms with Crippen LogP contribution in [0.1, 0.15) is 60.3 Å². The third kappa shape index (κ3) is 8.99. The molecule has 0 aromatic heterocycles. The molecule has 0 radical (unpaired) electrons. The van der Waals surface area contributed by atoms with Crippen LogP contribution in [-0.4, -0.2) is 71.6 Å². The highest BCUT2D eigenvalue weighted by Crippen LogP contribution is 2.20. The molecule has 0 aliphatic carbocycles. The Hall–Kier alpha value is -3.18. The molecule has 1 heterocycles. The van der Waals surface area contributed by atoms with Crippen LogP contribution in [0.4, 0.5) is 0 Å². The Morgan fingerprint density at radius 3 is 2.21 bits per heavy atom. The van der Waals surface area contributed by atoms with Gasteiger partial charge in [0, 0.05) is 25.9 Å². The molecule has 0 aromatic rings. The van der Waals surface area contributed by atoms with Crippen LogP contribution < -0.4 is 27.4 Å². The Kier molecular flexibility index (Phi) is 11.5. The van der Waals surface area contributed by atoms with Gasteiger partial charge in [-0.1, -0.05) is 27.7 Å². The highest BCUT2D eigenvalue weighted by molar-refractivity contribution is 6.01. The molecule has 7 N–H and O–H groups in total. The fourth-order valence-electron chi connectivity index (χ4n) is 3.64. The first-order valence-electron chi connectivity index (χ1n) is 11.6. The summed E-state index contributed by atoms with van der Waals surface area (Å²) in [5.41, 5.74) is 10.6. The molecule has 1 fully saturated rings. The van der Waals surface area contributed by atoms with Gasteiger partial charge in [0.2, 0.25) is 29.5 Å². The highest BCUT2D eigenvalue weighted by Gasteiger charge is 2.39. The largest absolute Gasteiger partial charge is 0.370 e. The SMILES string of the molecule is CC(=O)N[C@@H](CCCN=C(N)N)C(=O)N1CCC[C@H]1C(=O)N[C@H](C(=O)NC(=O)C(C)C)C(C)C. The minimum Gasteiger partial charge on any atom is -0.370 e. The summed E-state index contributed by atoms with van der Waals surface area (Å²) in [7, 11) is 0. The van der Waals surface area contributed by atoms with Gasteiger partial charge in [0.15, 0.2) is 5.96 Å². The second-order valence-electron chi connectivity index (χ2n) is 9.13. The first kappa shape index (κ1) is 28.9. The van der Waals surface area contributed by atoms with Gasteiger partial charge in [-0.3, -0.25) is 34.3 Å². The van der Waals surface area contributed by atoms with Gasteiger partial charge in [-0.05, 0) is 31.6 Å². The van der Waals surface area contributed by atoms with Gasteiger partial charge in [0.05, 0.1) is 0 Å². The molecule has 0 aromatic carbocycles. The van der Waals surface area contributed by atoms with E-state index < -0.39 is 35.8 Å². The van der Waals surface area contributed by atoms with Crippen molar-refractivity contribution < 1.29 is 24.0 Å². The van der Waals surface area contributed by atoms with E-state index in [9.17, 15) is 24.0 Å². The molecule has 1 aliphatic rings. The molecular formula is C22H39N7O5. The Labute approximate surface area is 200 Å². The summed E-state index contributed by atoms with van der Waals surface area (Å²) in [6, 6.07) is -2.54. The molecule has 5 amide bonds. The average Bonchev–Trinajstić information content (AvgIpc) is 3.22. The number of carbonyl (C=O) groups is 5. The van der Waals surface area contributed by atoms with Crippen LogP contribution in [0.5, 0.6) is 0 Å². The predicted octanol–water partition coefficient (Wildman–Crippen LogP) is -1.02. The summed E-state index contributed by atoms with van der Waals surface area (Å²) < 4.78 is 0. The zero-order chi connectivity index (χ0) is 26.0. The summed E-state index contributed by atoms with van der Waals surface area (Å²) in [4.78, 5) is 67.8. The maximum Gasteiger partial charge on any atom is 0.249 e. The summed E-state index contributed by atoms with van der Waals surface area (Å²) >= 11 is 0. The molecule has 0 bridgehead atoms. The fourth-order valence-corrected chi connectivity index (χ4v) is 3.64. The summed E-state index contributed by atoms with van der Waals surface area (Å²) in [6.07, 6.45) is 1.79. The third-order valence-corrected chi connectivity index (χ3v) is 5.48. The Bertz CT molecular complexity index is 793. The second kappa shape index (κ2) is 13.5. The number of guanidine groups is 1. The maximum absolute atomic E-state index is 13.2. The van der Waals surface area contributed by atoms with E-state index in [1.165, 1.54) is 11.8 Å². The number of amides is 5. The van der Waals surface area contributed by atoms with Gasteiger partial charge in [-0.2, -0.15) is 0 Å². The third-order valence-electron chi connectivity index (χ3n) is 5.48. The lowest BCUT2D eigenvalue weighted by Gasteiger charge is -2.30. The van der Waals surface area contributed by atoms with Crippen molar-refractivity contribution >= 4 is 35.5 Å². The van der Waals surface area contributed by atoms with Crippen LogP contribution in [0.15, 0.2) is 4.99 Å². The predicted molar refractivity (Wildman–Crippen MR) is 127 cm³/mol. The fraction of sp³-hybridized carbons (Fsp3) is 0.727. The number of imide groups is 1. The van der Waals surface area contributed by atoms with E-state index in [4.69, 9.17) is 11.5 Å². The Morgan fingerprint density at radius 1 is 1.03 bits per heavy atom. The molecule has 34 heavy (non-hydrogen) atoms. The summed E-state index contributed by atoms with van der Waals surface area (Å²) in [6.45, 7) is 8.81. The first-order valence-corrected chi connectivity index (χ1v) is 11.6. The Balaban J connectivity index is 2.91. The highest BCUT2D eigenvalue weighted by atomic mass is 16.2. The monoisotopic (exact) mass is 481 g/mol. The number of rotatable bonds is 11. The topological polar surface area (TPSA) is 189 Å². The van der Waals surface area contributed by atoms with Crippen molar-refractivity contribution in [1.29, 1.82) is 0 Å². The average molecular weight is 482 g/mol. The lowest BCUT2D eigenvalue weighted by Crippen LogP contribution is -2.57. The van der Waals surface area contributed by atoms with Crippen LogP contribution in [0.3, 0.4) is 0 Å².